The van der Waals surface area contributed by atoms with Gasteiger partial charge in [-0.05, 0) is 83.5 Å². The van der Waals surface area contributed by atoms with Gasteiger partial charge in [-0.15, -0.1) is 0 Å². The first-order valence-corrected chi connectivity index (χ1v) is 26.3. The molecule has 1 aliphatic rings. The van der Waals surface area contributed by atoms with Gasteiger partial charge in [0.25, 0.3) is 0 Å². The fourth-order valence-electron chi connectivity index (χ4n) is 7.14. The van der Waals surface area contributed by atoms with Crippen LogP contribution in [0.3, 0.4) is 0 Å². The molecule has 0 aromatic carbocycles. The second-order valence-corrected chi connectivity index (χ2v) is 18.3. The van der Waals surface area contributed by atoms with E-state index in [0.29, 0.717) is 13.0 Å². The maximum Gasteiger partial charge on any atom is 0.472 e. The molecule has 64 heavy (non-hydrogen) atoms. The predicted octanol–water partition coefficient (Wildman–Crippen LogP) is 10.8. The van der Waals surface area contributed by atoms with E-state index in [-0.39, 0.29) is 13.0 Å². The number of hydrogen-bond acceptors (Lipinski definition) is 11. The highest BCUT2D eigenvalue weighted by molar-refractivity contribution is 7.47. The topological polar surface area (TPSA) is 192 Å². The largest absolute Gasteiger partial charge is 0.472 e. The van der Waals surface area contributed by atoms with Crippen LogP contribution in [0.2, 0.25) is 0 Å². The molecular formula is C51H89O12P. The third-order valence-electron chi connectivity index (χ3n) is 11.1. The number of aliphatic hydroxyl groups excluding tert-OH is 5. The van der Waals surface area contributed by atoms with Crippen molar-refractivity contribution < 1.29 is 58.3 Å². The van der Waals surface area contributed by atoms with Crippen LogP contribution in [0.1, 0.15) is 181 Å². The van der Waals surface area contributed by atoms with Crippen molar-refractivity contribution in [2.24, 2.45) is 0 Å². The zero-order valence-corrected chi connectivity index (χ0v) is 40.5. The van der Waals surface area contributed by atoms with Crippen molar-refractivity contribution in [3.8, 4) is 0 Å². The Bertz CT molecular complexity index is 1330. The molecule has 0 radical (unpaired) electrons. The molecule has 0 spiro atoms. The molecule has 12 nitrogen and oxygen atoms in total. The second kappa shape index (κ2) is 41.0. The lowest BCUT2D eigenvalue weighted by Crippen LogP contribution is -2.64. The van der Waals surface area contributed by atoms with Crippen molar-refractivity contribution in [2.75, 3.05) is 19.8 Å². The minimum absolute atomic E-state index is 0.103. The smallest absolute Gasteiger partial charge is 0.457 e. The molecule has 6 unspecified atom stereocenters. The minimum atomic E-state index is -5.04. The van der Waals surface area contributed by atoms with Crippen molar-refractivity contribution in [1.29, 1.82) is 0 Å². The first-order valence-electron chi connectivity index (χ1n) is 24.8. The third-order valence-corrected chi connectivity index (χ3v) is 12.0. The van der Waals surface area contributed by atoms with Crippen LogP contribution in [0.25, 0.3) is 0 Å². The number of rotatable bonds is 41. The molecule has 1 fully saturated rings. The quantitative estimate of drug-likeness (QED) is 0.0147. The van der Waals surface area contributed by atoms with E-state index in [1.807, 2.05) is 0 Å². The van der Waals surface area contributed by atoms with Gasteiger partial charge in [0, 0.05) is 13.0 Å². The molecule has 13 heteroatoms. The number of ether oxygens (including phenoxy) is 2. The highest BCUT2D eigenvalue weighted by atomic mass is 31.2. The van der Waals surface area contributed by atoms with Crippen LogP contribution in [0, 0.1) is 0 Å². The Morgan fingerprint density at radius 1 is 0.516 bits per heavy atom. The number of phosphoric acid groups is 1. The van der Waals surface area contributed by atoms with Gasteiger partial charge in [-0.25, -0.2) is 4.57 Å². The molecule has 1 rings (SSSR count). The summed E-state index contributed by atoms with van der Waals surface area (Å²) in [4.78, 5) is 23.2. The van der Waals surface area contributed by atoms with E-state index < -0.39 is 63.1 Å². The van der Waals surface area contributed by atoms with E-state index in [1.54, 1.807) is 0 Å². The molecule has 6 N–H and O–H groups in total. The average Bonchev–Trinajstić information content (AvgIpc) is 3.28. The van der Waals surface area contributed by atoms with E-state index >= 15 is 0 Å². The first-order chi connectivity index (χ1) is 31.0. The van der Waals surface area contributed by atoms with E-state index in [1.165, 1.54) is 70.6 Å². The van der Waals surface area contributed by atoms with Gasteiger partial charge in [0.05, 0.1) is 13.2 Å². The summed E-state index contributed by atoms with van der Waals surface area (Å²) < 4.78 is 34.2. The number of allylic oxidation sites excluding steroid dienone is 12. The average molecular weight is 925 g/mol. The lowest BCUT2D eigenvalue weighted by Gasteiger charge is -2.41. The van der Waals surface area contributed by atoms with Gasteiger partial charge >= 0.3 is 13.8 Å². The fourth-order valence-corrected chi connectivity index (χ4v) is 8.11. The summed E-state index contributed by atoms with van der Waals surface area (Å²) in [5.41, 5.74) is 0. The molecule has 0 heterocycles. The van der Waals surface area contributed by atoms with Crippen LogP contribution in [0.15, 0.2) is 72.9 Å². The van der Waals surface area contributed by atoms with Crippen LogP contribution in [-0.4, -0.2) is 98.9 Å². The molecule has 370 valence electrons. The summed E-state index contributed by atoms with van der Waals surface area (Å²) in [7, 11) is -5.04. The molecule has 0 amide bonds. The summed E-state index contributed by atoms with van der Waals surface area (Å²) >= 11 is 0. The Kier molecular flexibility index (Phi) is 38.3. The maximum absolute atomic E-state index is 12.8. The SMILES string of the molecule is CC/C=C\C/C=C\C/C=C\C/C=C\CCCCCOCC(COP(=O)(O)OC1C(O)C(O)C(O)C(O)C1O)OC(=O)CCCCCCCCCCC/C=C\C/C=C\CCCCCCC. The minimum Gasteiger partial charge on any atom is -0.457 e. The van der Waals surface area contributed by atoms with E-state index in [4.69, 9.17) is 18.5 Å². The van der Waals surface area contributed by atoms with Gasteiger partial charge in [0.2, 0.25) is 0 Å². The second-order valence-electron chi connectivity index (χ2n) is 16.9. The molecule has 1 aliphatic carbocycles. The molecule has 0 saturated heterocycles. The maximum atomic E-state index is 12.8. The van der Waals surface area contributed by atoms with Crippen LogP contribution in [0.4, 0.5) is 0 Å². The molecule has 0 aliphatic heterocycles. The summed E-state index contributed by atoms with van der Waals surface area (Å²) in [6, 6.07) is 0. The number of phosphoric ester groups is 1. The Hall–Kier alpha value is -2.22. The molecular weight excluding hydrogens is 836 g/mol. The van der Waals surface area contributed by atoms with Crippen LogP contribution in [-0.2, 0) is 27.9 Å². The van der Waals surface area contributed by atoms with Crippen LogP contribution in [0.5, 0.6) is 0 Å². The molecule has 1 saturated carbocycles. The molecule has 0 bridgehead atoms. The zero-order valence-electron chi connectivity index (χ0n) is 39.6. The van der Waals surface area contributed by atoms with Gasteiger partial charge in [0.15, 0.2) is 0 Å². The van der Waals surface area contributed by atoms with E-state index in [9.17, 15) is 39.8 Å². The van der Waals surface area contributed by atoms with Crippen molar-refractivity contribution in [1.82, 2.24) is 0 Å². The lowest BCUT2D eigenvalue weighted by atomic mass is 9.85. The zero-order chi connectivity index (χ0) is 46.9. The van der Waals surface area contributed by atoms with Crippen LogP contribution < -0.4 is 0 Å². The standard InChI is InChI=1S/C51H89O12P/c1-3-5-7-9-11-13-15-17-19-21-22-23-24-25-26-28-30-32-34-36-38-40-45(52)62-44(43-61-64(58,59)63-51-49(56)47(54)46(53)48(55)50(51)57)42-60-41-39-37-35-33-31-29-27-20-18-16-14-12-10-8-6-4-2/h6,8,12,14-15,17-18,20-22,29,31,44,46-51,53-57H,3-5,7,9-11,13,16,19,23-28,30,32-43H2,1-2H3,(H,58,59)/b8-6-,14-12-,17-15-,20-18-,22-21-,31-29-. The molecule has 0 aromatic rings. The number of unbranched alkanes of at least 4 members (excludes halogenated alkanes) is 17. The van der Waals surface area contributed by atoms with Crippen molar-refractivity contribution in [3.05, 3.63) is 72.9 Å². The van der Waals surface area contributed by atoms with E-state index in [2.05, 4.69) is 86.8 Å². The first kappa shape index (κ1) is 59.8. The summed E-state index contributed by atoms with van der Waals surface area (Å²) in [6.07, 6.45) is 41.1. The lowest BCUT2D eigenvalue weighted by molar-refractivity contribution is -0.220. The van der Waals surface area contributed by atoms with Gasteiger partial charge < -0.3 is 39.9 Å². The molecule has 0 aromatic heterocycles. The Morgan fingerprint density at radius 2 is 0.922 bits per heavy atom. The number of hydrogen-bond donors (Lipinski definition) is 6. The Labute approximate surface area is 387 Å². The Balaban J connectivity index is 2.38. The summed E-state index contributed by atoms with van der Waals surface area (Å²) in [6.45, 7) is 4.06. The number of carbonyl (C=O) groups excluding carboxylic acids is 1. The molecule has 6 atom stereocenters. The van der Waals surface area contributed by atoms with Crippen LogP contribution >= 0.6 is 7.82 Å². The fraction of sp³-hybridized carbons (Fsp3) is 0.745. The monoisotopic (exact) mass is 925 g/mol. The number of aliphatic hydroxyl groups is 5. The van der Waals surface area contributed by atoms with Crippen molar-refractivity contribution in [3.63, 3.8) is 0 Å². The van der Waals surface area contributed by atoms with E-state index in [0.717, 1.165) is 83.5 Å². The predicted molar refractivity (Wildman–Crippen MR) is 258 cm³/mol. The van der Waals surface area contributed by atoms with Gasteiger partial charge in [0.1, 0.15) is 42.7 Å². The normalized spacial score (nSPS) is 22.3. The van der Waals surface area contributed by atoms with Gasteiger partial charge in [-0.1, -0.05) is 164 Å². The van der Waals surface area contributed by atoms with Crippen molar-refractivity contribution >= 4 is 13.8 Å². The summed E-state index contributed by atoms with van der Waals surface area (Å²) in [5, 5.41) is 50.3. The van der Waals surface area contributed by atoms with Gasteiger partial charge in [-0.2, -0.15) is 0 Å². The highest BCUT2D eigenvalue weighted by Gasteiger charge is 2.51. The van der Waals surface area contributed by atoms with Gasteiger partial charge in [-0.3, -0.25) is 13.8 Å². The summed E-state index contributed by atoms with van der Waals surface area (Å²) in [5.74, 6) is -0.495. The Morgan fingerprint density at radius 3 is 1.41 bits per heavy atom. The third kappa shape index (κ3) is 32.5. The van der Waals surface area contributed by atoms with Crippen molar-refractivity contribution in [2.45, 2.75) is 224 Å². The number of esters is 1. The number of carbonyl (C=O) groups is 1. The highest BCUT2D eigenvalue weighted by Crippen LogP contribution is 2.47.